The number of rotatable bonds is 5. The molecule has 0 radical (unpaired) electrons. The standard InChI is InChI=1S/C20H22O3/c21-20(22-15-16-7-3-1-4-8-16)17-11-13-19(14-12-17)23-18-9-5-2-6-10-18/h1,3-4,7-8,11-14,18H,2,5-6,9-10,15H2. The smallest absolute Gasteiger partial charge is 0.338 e. The Labute approximate surface area is 137 Å². The molecule has 3 nitrogen and oxygen atoms in total. The minimum atomic E-state index is -0.307. The van der Waals surface area contributed by atoms with Crippen LogP contribution in [0.4, 0.5) is 0 Å². The summed E-state index contributed by atoms with van der Waals surface area (Å²) in [5.74, 6) is 0.523. The molecule has 23 heavy (non-hydrogen) atoms. The first kappa shape index (κ1) is 15.6. The predicted molar refractivity (Wildman–Crippen MR) is 89.5 cm³/mol. The van der Waals surface area contributed by atoms with Gasteiger partial charge in [-0.1, -0.05) is 36.8 Å². The Morgan fingerprint density at radius 2 is 1.61 bits per heavy atom. The number of esters is 1. The van der Waals surface area contributed by atoms with E-state index in [2.05, 4.69) is 0 Å². The zero-order valence-corrected chi connectivity index (χ0v) is 13.2. The van der Waals surface area contributed by atoms with Crippen LogP contribution in [0.3, 0.4) is 0 Å². The van der Waals surface area contributed by atoms with Gasteiger partial charge in [0, 0.05) is 0 Å². The lowest BCUT2D eigenvalue weighted by molar-refractivity contribution is 0.0472. The van der Waals surface area contributed by atoms with Gasteiger partial charge in [0.05, 0.1) is 11.7 Å². The van der Waals surface area contributed by atoms with Crippen molar-refractivity contribution in [2.24, 2.45) is 0 Å². The zero-order chi connectivity index (χ0) is 15.9. The van der Waals surface area contributed by atoms with E-state index in [-0.39, 0.29) is 5.97 Å². The van der Waals surface area contributed by atoms with Crippen LogP contribution in [0.2, 0.25) is 0 Å². The highest BCUT2D eigenvalue weighted by atomic mass is 16.5. The molecular weight excluding hydrogens is 288 g/mol. The Morgan fingerprint density at radius 3 is 2.30 bits per heavy atom. The Bertz CT molecular complexity index is 613. The van der Waals surface area contributed by atoms with Crippen molar-refractivity contribution in [1.29, 1.82) is 0 Å². The number of carbonyl (C=O) groups excluding carboxylic acids is 1. The van der Waals surface area contributed by atoms with Crippen LogP contribution >= 0.6 is 0 Å². The molecule has 1 saturated carbocycles. The molecule has 0 aliphatic heterocycles. The number of benzene rings is 2. The zero-order valence-electron chi connectivity index (χ0n) is 13.2. The molecule has 120 valence electrons. The van der Waals surface area contributed by atoms with Gasteiger partial charge >= 0.3 is 5.97 Å². The van der Waals surface area contributed by atoms with Crippen LogP contribution in [-0.2, 0) is 11.3 Å². The predicted octanol–water partition coefficient (Wildman–Crippen LogP) is 4.76. The highest BCUT2D eigenvalue weighted by Gasteiger charge is 2.15. The second-order valence-electron chi connectivity index (χ2n) is 5.96. The van der Waals surface area contributed by atoms with Crippen LogP contribution in [0, 0.1) is 0 Å². The molecule has 0 bridgehead atoms. The van der Waals surface area contributed by atoms with Crippen LogP contribution in [0.15, 0.2) is 54.6 Å². The van der Waals surface area contributed by atoms with Gasteiger partial charge in [-0.3, -0.25) is 0 Å². The molecular formula is C20H22O3. The molecule has 2 aromatic carbocycles. The lowest BCUT2D eigenvalue weighted by atomic mass is 9.98. The maximum Gasteiger partial charge on any atom is 0.338 e. The SMILES string of the molecule is O=C(OCc1ccccc1)c1ccc(OC2CCCCC2)cc1. The average molecular weight is 310 g/mol. The van der Waals surface area contributed by atoms with Crippen LogP contribution in [-0.4, -0.2) is 12.1 Å². The fraction of sp³-hybridized carbons (Fsp3) is 0.350. The molecule has 0 aromatic heterocycles. The summed E-state index contributed by atoms with van der Waals surface area (Å²) in [4.78, 5) is 12.1. The van der Waals surface area contributed by atoms with Crippen molar-refractivity contribution in [2.45, 2.75) is 44.8 Å². The Morgan fingerprint density at radius 1 is 0.913 bits per heavy atom. The summed E-state index contributed by atoms with van der Waals surface area (Å²) >= 11 is 0. The highest BCUT2D eigenvalue weighted by Crippen LogP contribution is 2.23. The summed E-state index contributed by atoms with van der Waals surface area (Å²) in [6, 6.07) is 16.9. The Hall–Kier alpha value is -2.29. The largest absolute Gasteiger partial charge is 0.490 e. The van der Waals surface area contributed by atoms with E-state index in [9.17, 15) is 4.79 Å². The lowest BCUT2D eigenvalue weighted by Crippen LogP contribution is -2.19. The van der Waals surface area contributed by atoms with E-state index >= 15 is 0 Å². The molecule has 0 N–H and O–H groups in total. The topological polar surface area (TPSA) is 35.5 Å². The monoisotopic (exact) mass is 310 g/mol. The summed E-state index contributed by atoms with van der Waals surface area (Å²) in [7, 11) is 0. The van der Waals surface area contributed by atoms with Gasteiger partial charge in [0.2, 0.25) is 0 Å². The van der Waals surface area contributed by atoms with Crippen LogP contribution in [0.5, 0.6) is 5.75 Å². The summed E-state index contributed by atoms with van der Waals surface area (Å²) in [5.41, 5.74) is 1.54. The number of hydrogen-bond donors (Lipinski definition) is 0. The van der Waals surface area contributed by atoms with E-state index in [0.29, 0.717) is 18.3 Å². The van der Waals surface area contributed by atoms with Gasteiger partial charge in [-0.25, -0.2) is 4.79 Å². The van der Waals surface area contributed by atoms with Crippen molar-refractivity contribution in [3.05, 3.63) is 65.7 Å². The third kappa shape index (κ3) is 4.59. The second kappa shape index (κ2) is 7.82. The molecule has 3 rings (SSSR count). The van der Waals surface area contributed by atoms with E-state index in [1.807, 2.05) is 42.5 Å². The molecule has 0 amide bonds. The van der Waals surface area contributed by atoms with Crippen molar-refractivity contribution in [1.82, 2.24) is 0 Å². The van der Waals surface area contributed by atoms with E-state index in [0.717, 1.165) is 24.2 Å². The summed E-state index contributed by atoms with van der Waals surface area (Å²) in [5, 5.41) is 0. The van der Waals surface area contributed by atoms with Gasteiger partial charge in [0.25, 0.3) is 0 Å². The summed E-state index contributed by atoms with van der Waals surface area (Å²) in [6.07, 6.45) is 6.37. The maximum atomic E-state index is 12.1. The van der Waals surface area contributed by atoms with Crippen LogP contribution in [0.1, 0.15) is 48.0 Å². The van der Waals surface area contributed by atoms with Gasteiger partial charge in [0.15, 0.2) is 0 Å². The normalized spacial score (nSPS) is 15.1. The number of ether oxygens (including phenoxy) is 2. The van der Waals surface area contributed by atoms with Crippen LogP contribution < -0.4 is 4.74 Å². The van der Waals surface area contributed by atoms with Crippen LogP contribution in [0.25, 0.3) is 0 Å². The van der Waals surface area contributed by atoms with E-state index in [1.165, 1.54) is 19.3 Å². The fourth-order valence-electron chi connectivity index (χ4n) is 2.85. The van der Waals surface area contributed by atoms with Crippen molar-refractivity contribution in [3.63, 3.8) is 0 Å². The van der Waals surface area contributed by atoms with Gasteiger partial charge in [0.1, 0.15) is 12.4 Å². The Balaban J connectivity index is 1.52. The summed E-state index contributed by atoms with van der Waals surface area (Å²) in [6.45, 7) is 0.292. The molecule has 1 fully saturated rings. The molecule has 3 heteroatoms. The molecule has 0 atom stereocenters. The lowest BCUT2D eigenvalue weighted by Gasteiger charge is -2.23. The van der Waals surface area contributed by atoms with Gasteiger partial charge in [-0.2, -0.15) is 0 Å². The second-order valence-corrected chi connectivity index (χ2v) is 5.96. The molecule has 1 aliphatic carbocycles. The van der Waals surface area contributed by atoms with Gasteiger partial charge in [-0.05, 0) is 55.5 Å². The third-order valence-corrected chi connectivity index (χ3v) is 4.16. The van der Waals surface area contributed by atoms with E-state index in [4.69, 9.17) is 9.47 Å². The first-order valence-electron chi connectivity index (χ1n) is 8.29. The van der Waals surface area contributed by atoms with E-state index in [1.54, 1.807) is 12.1 Å². The molecule has 0 unspecified atom stereocenters. The average Bonchev–Trinajstić information content (AvgIpc) is 2.62. The van der Waals surface area contributed by atoms with Crippen molar-refractivity contribution in [2.75, 3.05) is 0 Å². The molecule has 2 aromatic rings. The maximum absolute atomic E-state index is 12.1. The van der Waals surface area contributed by atoms with E-state index < -0.39 is 0 Å². The Kier molecular flexibility index (Phi) is 5.30. The summed E-state index contributed by atoms with van der Waals surface area (Å²) < 4.78 is 11.3. The fourth-order valence-corrected chi connectivity index (χ4v) is 2.85. The van der Waals surface area contributed by atoms with Crippen molar-refractivity contribution >= 4 is 5.97 Å². The van der Waals surface area contributed by atoms with Gasteiger partial charge in [-0.15, -0.1) is 0 Å². The van der Waals surface area contributed by atoms with Gasteiger partial charge < -0.3 is 9.47 Å². The first-order valence-corrected chi connectivity index (χ1v) is 8.29. The third-order valence-electron chi connectivity index (χ3n) is 4.16. The van der Waals surface area contributed by atoms with Crippen molar-refractivity contribution < 1.29 is 14.3 Å². The minimum Gasteiger partial charge on any atom is -0.490 e. The first-order chi connectivity index (χ1) is 11.3. The van der Waals surface area contributed by atoms with Crippen molar-refractivity contribution in [3.8, 4) is 5.75 Å². The quantitative estimate of drug-likeness (QED) is 0.747. The molecule has 0 heterocycles. The molecule has 0 saturated heterocycles. The highest BCUT2D eigenvalue weighted by molar-refractivity contribution is 5.89. The minimum absolute atomic E-state index is 0.292. The molecule has 1 aliphatic rings. The molecule has 0 spiro atoms. The number of hydrogen-bond acceptors (Lipinski definition) is 3. The number of carbonyl (C=O) groups is 1.